The summed E-state index contributed by atoms with van der Waals surface area (Å²) in [6, 6.07) is 4.99. The largest absolute Gasteiger partial charge is 0.355 e. The number of aryl methyl sites for hydroxylation is 1. The van der Waals surface area contributed by atoms with Crippen molar-refractivity contribution in [3.05, 3.63) is 23.4 Å². The van der Waals surface area contributed by atoms with Gasteiger partial charge in [-0.05, 0) is 44.4 Å². The van der Waals surface area contributed by atoms with Gasteiger partial charge in [0.25, 0.3) is 0 Å². The Morgan fingerprint density at radius 3 is 2.89 bits per heavy atom. The van der Waals surface area contributed by atoms with Crippen LogP contribution < -0.4 is 4.90 Å². The van der Waals surface area contributed by atoms with Crippen LogP contribution in [-0.4, -0.2) is 42.1 Å². The second-order valence-electron chi connectivity index (χ2n) is 5.68. The summed E-state index contributed by atoms with van der Waals surface area (Å²) >= 11 is 5.91. The SMILES string of the molecule is Cc1nc(N2CCCN3CCCC3C2)ccc1CCl. The lowest BCUT2D eigenvalue weighted by molar-refractivity contribution is 0.273. The van der Waals surface area contributed by atoms with Crippen molar-refractivity contribution in [2.24, 2.45) is 0 Å². The van der Waals surface area contributed by atoms with Crippen molar-refractivity contribution in [3.63, 3.8) is 0 Å². The second-order valence-corrected chi connectivity index (χ2v) is 5.95. The molecule has 0 saturated carbocycles. The standard InChI is InChI=1S/C15H22ClN3/c1-12-13(10-16)5-6-15(17-12)19-9-3-8-18-7-2-4-14(18)11-19/h5-6,14H,2-4,7-11H2,1H3. The zero-order valence-electron chi connectivity index (χ0n) is 11.6. The molecule has 1 atom stereocenters. The molecule has 1 unspecified atom stereocenters. The second kappa shape index (κ2) is 5.68. The summed E-state index contributed by atoms with van der Waals surface area (Å²) in [5.41, 5.74) is 2.21. The number of nitrogens with zero attached hydrogens (tertiary/aromatic N) is 3. The van der Waals surface area contributed by atoms with Crippen LogP contribution in [0.4, 0.5) is 5.82 Å². The highest BCUT2D eigenvalue weighted by Gasteiger charge is 2.29. The third-order valence-electron chi connectivity index (χ3n) is 4.45. The van der Waals surface area contributed by atoms with E-state index in [2.05, 4.69) is 28.9 Å². The summed E-state index contributed by atoms with van der Waals surface area (Å²) in [5, 5.41) is 0. The van der Waals surface area contributed by atoms with E-state index in [9.17, 15) is 0 Å². The molecule has 2 saturated heterocycles. The minimum Gasteiger partial charge on any atom is -0.355 e. The number of anilines is 1. The number of halogens is 1. The van der Waals surface area contributed by atoms with Gasteiger partial charge in [-0.2, -0.15) is 0 Å². The van der Waals surface area contributed by atoms with Gasteiger partial charge in [-0.15, -0.1) is 11.6 Å². The van der Waals surface area contributed by atoms with Crippen LogP contribution in [0.5, 0.6) is 0 Å². The third kappa shape index (κ3) is 2.72. The molecule has 0 amide bonds. The molecule has 0 radical (unpaired) electrons. The van der Waals surface area contributed by atoms with Crippen LogP contribution in [0.3, 0.4) is 0 Å². The topological polar surface area (TPSA) is 19.4 Å². The van der Waals surface area contributed by atoms with Gasteiger partial charge < -0.3 is 4.90 Å². The summed E-state index contributed by atoms with van der Waals surface area (Å²) < 4.78 is 0. The van der Waals surface area contributed by atoms with Crippen LogP contribution in [0.2, 0.25) is 0 Å². The monoisotopic (exact) mass is 279 g/mol. The molecule has 104 valence electrons. The number of fused-ring (bicyclic) bond motifs is 1. The molecule has 1 aromatic rings. The van der Waals surface area contributed by atoms with E-state index in [-0.39, 0.29) is 0 Å². The van der Waals surface area contributed by atoms with Gasteiger partial charge in [0.15, 0.2) is 0 Å². The summed E-state index contributed by atoms with van der Waals surface area (Å²) in [6.45, 7) is 6.85. The molecule has 3 nitrogen and oxygen atoms in total. The predicted molar refractivity (Wildman–Crippen MR) is 80.0 cm³/mol. The van der Waals surface area contributed by atoms with Crippen molar-refractivity contribution < 1.29 is 0 Å². The average Bonchev–Trinajstić information content (AvgIpc) is 2.76. The molecule has 0 aliphatic carbocycles. The highest BCUT2D eigenvalue weighted by atomic mass is 35.5. The molecule has 0 aromatic carbocycles. The van der Waals surface area contributed by atoms with Gasteiger partial charge >= 0.3 is 0 Å². The first-order chi connectivity index (χ1) is 9.28. The van der Waals surface area contributed by atoms with E-state index in [1.165, 1.54) is 32.4 Å². The van der Waals surface area contributed by atoms with Crippen LogP contribution in [0, 0.1) is 6.92 Å². The Labute approximate surface area is 120 Å². The highest BCUT2D eigenvalue weighted by Crippen LogP contribution is 2.24. The lowest BCUT2D eigenvalue weighted by Gasteiger charge is -2.26. The van der Waals surface area contributed by atoms with Gasteiger partial charge in [-0.25, -0.2) is 4.98 Å². The Hall–Kier alpha value is -0.800. The maximum Gasteiger partial charge on any atom is 0.128 e. The first-order valence-electron chi connectivity index (χ1n) is 7.29. The van der Waals surface area contributed by atoms with E-state index in [4.69, 9.17) is 16.6 Å². The Morgan fingerprint density at radius 1 is 1.26 bits per heavy atom. The van der Waals surface area contributed by atoms with Crippen molar-refractivity contribution in [2.45, 2.75) is 38.1 Å². The average molecular weight is 280 g/mol. The Bertz CT molecular complexity index is 449. The minimum absolute atomic E-state index is 0.551. The molecule has 2 aliphatic heterocycles. The predicted octanol–water partition coefficient (Wildman–Crippen LogP) is 2.80. The van der Waals surface area contributed by atoms with Crippen molar-refractivity contribution >= 4 is 17.4 Å². The smallest absolute Gasteiger partial charge is 0.128 e. The summed E-state index contributed by atoms with van der Waals surface area (Å²) in [4.78, 5) is 9.86. The Morgan fingerprint density at radius 2 is 2.11 bits per heavy atom. The summed E-state index contributed by atoms with van der Waals surface area (Å²) in [6.07, 6.45) is 3.94. The van der Waals surface area contributed by atoms with Gasteiger partial charge in [-0.1, -0.05) is 6.07 Å². The maximum absolute atomic E-state index is 5.91. The fraction of sp³-hybridized carbons (Fsp3) is 0.667. The van der Waals surface area contributed by atoms with Crippen molar-refractivity contribution in [2.75, 3.05) is 31.1 Å². The number of aromatic nitrogens is 1. The first kappa shape index (κ1) is 13.2. The lowest BCUT2D eigenvalue weighted by Crippen LogP contribution is -2.37. The Balaban J connectivity index is 1.79. The molecule has 3 heterocycles. The molecular weight excluding hydrogens is 258 g/mol. The first-order valence-corrected chi connectivity index (χ1v) is 7.83. The number of hydrogen-bond acceptors (Lipinski definition) is 3. The van der Waals surface area contributed by atoms with Gasteiger partial charge in [0.2, 0.25) is 0 Å². The third-order valence-corrected chi connectivity index (χ3v) is 4.74. The van der Waals surface area contributed by atoms with Gasteiger partial charge in [0.1, 0.15) is 5.82 Å². The van der Waals surface area contributed by atoms with Crippen LogP contribution >= 0.6 is 11.6 Å². The van der Waals surface area contributed by atoms with Crippen molar-refractivity contribution in [1.82, 2.24) is 9.88 Å². The zero-order valence-corrected chi connectivity index (χ0v) is 12.4. The van der Waals surface area contributed by atoms with Crippen molar-refractivity contribution in [1.29, 1.82) is 0 Å². The van der Waals surface area contributed by atoms with E-state index >= 15 is 0 Å². The number of pyridine rings is 1. The van der Waals surface area contributed by atoms with Gasteiger partial charge in [0.05, 0.1) is 0 Å². The molecule has 0 spiro atoms. The fourth-order valence-corrected chi connectivity index (χ4v) is 3.59. The number of rotatable bonds is 2. The summed E-state index contributed by atoms with van der Waals surface area (Å²) in [5.74, 6) is 1.68. The van der Waals surface area contributed by atoms with Crippen LogP contribution in [0.15, 0.2) is 12.1 Å². The fourth-order valence-electron chi connectivity index (χ4n) is 3.31. The van der Waals surface area contributed by atoms with Crippen LogP contribution in [0.1, 0.15) is 30.5 Å². The van der Waals surface area contributed by atoms with E-state index in [1.807, 2.05) is 0 Å². The number of alkyl halides is 1. The van der Waals surface area contributed by atoms with E-state index in [0.717, 1.165) is 36.2 Å². The molecular formula is C15H22ClN3. The normalized spacial score (nSPS) is 24.3. The van der Waals surface area contributed by atoms with Gasteiger partial charge in [-0.3, -0.25) is 4.90 Å². The van der Waals surface area contributed by atoms with Gasteiger partial charge in [0, 0.05) is 37.3 Å². The highest BCUT2D eigenvalue weighted by molar-refractivity contribution is 6.17. The van der Waals surface area contributed by atoms with Crippen LogP contribution in [-0.2, 0) is 5.88 Å². The van der Waals surface area contributed by atoms with E-state index in [0.29, 0.717) is 5.88 Å². The molecule has 19 heavy (non-hydrogen) atoms. The molecule has 2 fully saturated rings. The van der Waals surface area contributed by atoms with Crippen molar-refractivity contribution in [3.8, 4) is 0 Å². The Kier molecular flexibility index (Phi) is 3.94. The summed E-state index contributed by atoms with van der Waals surface area (Å²) in [7, 11) is 0. The molecule has 1 aromatic heterocycles. The zero-order chi connectivity index (χ0) is 13.2. The molecule has 0 N–H and O–H groups in total. The quantitative estimate of drug-likeness (QED) is 0.776. The van der Waals surface area contributed by atoms with E-state index < -0.39 is 0 Å². The molecule has 2 aliphatic rings. The van der Waals surface area contributed by atoms with Crippen LogP contribution in [0.25, 0.3) is 0 Å². The lowest BCUT2D eigenvalue weighted by atomic mass is 10.2. The molecule has 3 rings (SSSR count). The molecule has 0 bridgehead atoms. The maximum atomic E-state index is 5.91. The molecule has 4 heteroatoms. The van der Waals surface area contributed by atoms with E-state index in [1.54, 1.807) is 0 Å². The minimum atomic E-state index is 0.551. The number of hydrogen-bond donors (Lipinski definition) is 0.